The predicted octanol–water partition coefficient (Wildman–Crippen LogP) is 3.35. The van der Waals surface area contributed by atoms with Crippen LogP contribution in [0.2, 0.25) is 0 Å². The van der Waals surface area contributed by atoms with Gasteiger partial charge < -0.3 is 9.73 Å². The minimum Gasteiger partial charge on any atom is -0.463 e. The Kier molecular flexibility index (Phi) is 8.26. The van der Waals surface area contributed by atoms with Gasteiger partial charge in [0.1, 0.15) is 11.5 Å². The molecule has 0 saturated heterocycles. The van der Waals surface area contributed by atoms with Gasteiger partial charge in [-0.3, -0.25) is 4.90 Å². The first-order valence-corrected chi connectivity index (χ1v) is 8.54. The predicted molar refractivity (Wildman–Crippen MR) is 84.6 cm³/mol. The zero-order valence-electron chi connectivity index (χ0n) is 12.7. The van der Waals surface area contributed by atoms with Crippen molar-refractivity contribution in [1.29, 1.82) is 0 Å². The molecule has 0 aliphatic heterocycles. The second-order valence-electron chi connectivity index (χ2n) is 5.09. The summed E-state index contributed by atoms with van der Waals surface area (Å²) in [6.45, 7) is 7.22. The first kappa shape index (κ1) is 16.6. The molecular weight excluding hydrogens is 256 g/mol. The number of hydrogen-bond donors (Lipinski definition) is 1. The highest BCUT2D eigenvalue weighted by Crippen LogP contribution is 2.13. The molecule has 0 saturated carbocycles. The summed E-state index contributed by atoms with van der Waals surface area (Å²) in [4.78, 5) is 2.36. The number of thioether (sulfide) groups is 1. The molecule has 0 fully saturated rings. The van der Waals surface area contributed by atoms with Crippen LogP contribution < -0.4 is 5.32 Å². The lowest BCUT2D eigenvalue weighted by atomic mass is 10.2. The highest BCUT2D eigenvalue weighted by Gasteiger charge is 2.11. The molecule has 1 rings (SSSR count). The minimum absolute atomic E-state index is 0.596. The third kappa shape index (κ3) is 6.50. The molecule has 0 amide bonds. The summed E-state index contributed by atoms with van der Waals surface area (Å²) in [7, 11) is 2.17. The molecule has 1 N–H and O–H groups in total. The van der Waals surface area contributed by atoms with Gasteiger partial charge in [-0.05, 0) is 57.5 Å². The van der Waals surface area contributed by atoms with Gasteiger partial charge in [0.05, 0.1) is 13.1 Å². The quantitative estimate of drug-likeness (QED) is 0.667. The maximum Gasteiger partial charge on any atom is 0.118 e. The van der Waals surface area contributed by atoms with E-state index in [2.05, 4.69) is 49.5 Å². The Morgan fingerprint density at radius 3 is 2.79 bits per heavy atom. The molecule has 1 aromatic rings. The highest BCUT2D eigenvalue weighted by atomic mass is 32.2. The van der Waals surface area contributed by atoms with Crippen molar-refractivity contribution >= 4 is 11.8 Å². The van der Waals surface area contributed by atoms with Crippen LogP contribution in [0.4, 0.5) is 0 Å². The average Bonchev–Trinajstić information content (AvgIpc) is 2.83. The molecule has 4 heteroatoms. The molecule has 110 valence electrons. The summed E-state index contributed by atoms with van der Waals surface area (Å²) in [5.41, 5.74) is 0. The second-order valence-corrected chi connectivity index (χ2v) is 6.08. The highest BCUT2D eigenvalue weighted by molar-refractivity contribution is 7.98. The molecule has 0 aliphatic carbocycles. The molecule has 1 aromatic heterocycles. The lowest BCUT2D eigenvalue weighted by Crippen LogP contribution is -2.28. The Labute approximate surface area is 122 Å². The van der Waals surface area contributed by atoms with E-state index in [1.165, 1.54) is 12.2 Å². The largest absolute Gasteiger partial charge is 0.463 e. The van der Waals surface area contributed by atoms with E-state index in [9.17, 15) is 0 Å². The first-order valence-electron chi connectivity index (χ1n) is 7.14. The number of hydrogen-bond acceptors (Lipinski definition) is 4. The van der Waals surface area contributed by atoms with E-state index in [-0.39, 0.29) is 0 Å². The molecule has 0 bridgehead atoms. The molecule has 1 atom stereocenters. The van der Waals surface area contributed by atoms with E-state index < -0.39 is 0 Å². The smallest absolute Gasteiger partial charge is 0.118 e. The van der Waals surface area contributed by atoms with E-state index in [1.807, 2.05) is 11.8 Å². The molecule has 3 nitrogen and oxygen atoms in total. The Morgan fingerprint density at radius 2 is 2.11 bits per heavy atom. The van der Waals surface area contributed by atoms with E-state index in [0.29, 0.717) is 6.04 Å². The Balaban J connectivity index is 2.35. The van der Waals surface area contributed by atoms with Crippen molar-refractivity contribution in [2.45, 2.75) is 45.8 Å². The number of furan rings is 1. The molecule has 0 aliphatic rings. The standard InChI is InChI=1S/C15H28N2OS/c1-5-9-16-11-14-6-7-15(18-14)12-17(3)13(2)8-10-19-4/h6-7,13,16H,5,8-12H2,1-4H3. The van der Waals surface area contributed by atoms with Gasteiger partial charge in [0.15, 0.2) is 0 Å². The van der Waals surface area contributed by atoms with Gasteiger partial charge >= 0.3 is 0 Å². The van der Waals surface area contributed by atoms with E-state index >= 15 is 0 Å². The third-order valence-corrected chi connectivity index (χ3v) is 3.98. The summed E-state index contributed by atoms with van der Waals surface area (Å²) in [5, 5.41) is 3.36. The summed E-state index contributed by atoms with van der Waals surface area (Å²) >= 11 is 1.91. The van der Waals surface area contributed by atoms with E-state index in [4.69, 9.17) is 4.42 Å². The van der Waals surface area contributed by atoms with Crippen LogP contribution in [0.15, 0.2) is 16.5 Å². The third-order valence-electron chi connectivity index (χ3n) is 3.34. The van der Waals surface area contributed by atoms with Crippen molar-refractivity contribution < 1.29 is 4.42 Å². The van der Waals surface area contributed by atoms with Gasteiger partial charge in [-0.1, -0.05) is 6.92 Å². The molecular formula is C15H28N2OS. The van der Waals surface area contributed by atoms with Crippen molar-refractivity contribution in [3.8, 4) is 0 Å². The van der Waals surface area contributed by atoms with Crippen LogP contribution in [-0.2, 0) is 13.1 Å². The van der Waals surface area contributed by atoms with Crippen LogP contribution in [0.1, 0.15) is 38.2 Å². The number of nitrogens with zero attached hydrogens (tertiary/aromatic N) is 1. The van der Waals surface area contributed by atoms with Crippen molar-refractivity contribution in [1.82, 2.24) is 10.2 Å². The van der Waals surface area contributed by atoms with Gasteiger partial charge in [-0.15, -0.1) is 0 Å². The maximum absolute atomic E-state index is 5.85. The van der Waals surface area contributed by atoms with Crippen LogP contribution in [0.5, 0.6) is 0 Å². The van der Waals surface area contributed by atoms with E-state index in [0.717, 1.165) is 37.6 Å². The maximum atomic E-state index is 5.85. The van der Waals surface area contributed by atoms with Crippen LogP contribution in [0.25, 0.3) is 0 Å². The Morgan fingerprint density at radius 1 is 1.37 bits per heavy atom. The molecule has 0 radical (unpaired) electrons. The first-order chi connectivity index (χ1) is 9.17. The lowest BCUT2D eigenvalue weighted by molar-refractivity contribution is 0.223. The second kappa shape index (κ2) is 9.45. The average molecular weight is 284 g/mol. The fourth-order valence-corrected chi connectivity index (χ4v) is 2.48. The normalized spacial score (nSPS) is 13.1. The molecule has 19 heavy (non-hydrogen) atoms. The Hall–Kier alpha value is -0.450. The zero-order chi connectivity index (χ0) is 14.1. The topological polar surface area (TPSA) is 28.4 Å². The lowest BCUT2D eigenvalue weighted by Gasteiger charge is -2.23. The van der Waals surface area contributed by atoms with Gasteiger partial charge in [0, 0.05) is 6.04 Å². The van der Waals surface area contributed by atoms with Gasteiger partial charge in [-0.25, -0.2) is 0 Å². The summed E-state index contributed by atoms with van der Waals surface area (Å²) in [6, 6.07) is 4.78. The fourth-order valence-electron chi connectivity index (χ4n) is 1.90. The van der Waals surface area contributed by atoms with Gasteiger partial charge in [0.25, 0.3) is 0 Å². The van der Waals surface area contributed by atoms with Crippen molar-refractivity contribution in [2.75, 3.05) is 25.6 Å². The van der Waals surface area contributed by atoms with Crippen molar-refractivity contribution in [3.63, 3.8) is 0 Å². The van der Waals surface area contributed by atoms with Crippen molar-refractivity contribution in [2.24, 2.45) is 0 Å². The number of nitrogens with one attached hydrogen (secondary N) is 1. The summed E-state index contributed by atoms with van der Waals surface area (Å²) in [5.74, 6) is 3.32. The van der Waals surface area contributed by atoms with Crippen LogP contribution in [0.3, 0.4) is 0 Å². The molecule has 1 unspecified atom stereocenters. The summed E-state index contributed by atoms with van der Waals surface area (Å²) in [6.07, 6.45) is 4.54. The molecule has 0 aromatic carbocycles. The van der Waals surface area contributed by atoms with Gasteiger partial charge in [0.2, 0.25) is 0 Å². The monoisotopic (exact) mass is 284 g/mol. The SMILES string of the molecule is CCCNCc1ccc(CN(C)C(C)CCSC)o1. The zero-order valence-corrected chi connectivity index (χ0v) is 13.6. The van der Waals surface area contributed by atoms with Crippen LogP contribution in [0, 0.1) is 0 Å². The van der Waals surface area contributed by atoms with Gasteiger partial charge in [-0.2, -0.15) is 11.8 Å². The minimum atomic E-state index is 0.596. The van der Waals surface area contributed by atoms with E-state index in [1.54, 1.807) is 0 Å². The van der Waals surface area contributed by atoms with Crippen LogP contribution in [-0.4, -0.2) is 36.5 Å². The fraction of sp³-hybridized carbons (Fsp3) is 0.733. The Bertz CT molecular complexity index is 341. The molecule has 1 heterocycles. The van der Waals surface area contributed by atoms with Crippen LogP contribution >= 0.6 is 11.8 Å². The molecule has 0 spiro atoms. The van der Waals surface area contributed by atoms with Crippen molar-refractivity contribution in [3.05, 3.63) is 23.7 Å². The summed E-state index contributed by atoms with van der Waals surface area (Å²) < 4.78 is 5.85. The number of rotatable bonds is 10.